The molecule has 0 bridgehead atoms. The van der Waals surface area contributed by atoms with Gasteiger partial charge in [-0.3, -0.25) is 14.4 Å². The fourth-order valence-electron chi connectivity index (χ4n) is 4.59. The van der Waals surface area contributed by atoms with E-state index in [1.54, 1.807) is 42.4 Å². The molecule has 2 amide bonds. The number of rotatable bonds is 7. The van der Waals surface area contributed by atoms with Crippen LogP contribution >= 0.6 is 0 Å². The Morgan fingerprint density at radius 1 is 1.14 bits per heavy atom. The summed E-state index contributed by atoms with van der Waals surface area (Å²) in [6, 6.07) is 16.6. The zero-order valence-electron chi connectivity index (χ0n) is 19.7. The Bertz CT molecular complexity index is 1410. The lowest BCUT2D eigenvalue weighted by Crippen LogP contribution is -2.44. The molecular formula is C27H28FN5O3. The summed E-state index contributed by atoms with van der Waals surface area (Å²) in [4.78, 5) is 39.0. The van der Waals surface area contributed by atoms with Gasteiger partial charge in [-0.05, 0) is 42.7 Å². The van der Waals surface area contributed by atoms with Crippen LogP contribution in [0.4, 0.5) is 21.5 Å². The molecule has 8 nitrogen and oxygen atoms in total. The molecule has 1 aliphatic heterocycles. The third-order valence-corrected chi connectivity index (χ3v) is 6.71. The van der Waals surface area contributed by atoms with Gasteiger partial charge in [0.25, 0.3) is 5.91 Å². The highest BCUT2D eigenvalue weighted by molar-refractivity contribution is 6.00. The molecule has 2 aliphatic rings. The van der Waals surface area contributed by atoms with E-state index >= 15 is 0 Å². The molecule has 2 fully saturated rings. The first-order chi connectivity index (χ1) is 17.3. The number of carbonyl (C=O) groups is 2. The van der Waals surface area contributed by atoms with E-state index in [-0.39, 0.29) is 32.2 Å². The molecule has 3 aromatic rings. The van der Waals surface area contributed by atoms with Crippen LogP contribution in [0.2, 0.25) is 0 Å². The lowest BCUT2D eigenvalue weighted by atomic mass is 9.99. The van der Waals surface area contributed by atoms with Crippen molar-refractivity contribution in [3.8, 4) is 0 Å². The quantitative estimate of drug-likeness (QED) is 0.439. The third kappa shape index (κ3) is 4.39. The summed E-state index contributed by atoms with van der Waals surface area (Å²) in [7, 11) is 1.65. The summed E-state index contributed by atoms with van der Waals surface area (Å²) in [5, 5.41) is 13.9. The first-order valence-electron chi connectivity index (χ1n) is 11.7. The number of hydrogen-bond donors (Lipinski definition) is 3. The number of amides is 2. The first-order valence-corrected chi connectivity index (χ1v) is 11.7. The summed E-state index contributed by atoms with van der Waals surface area (Å²) in [6.07, 6.45) is 3.28. The van der Waals surface area contributed by atoms with Crippen molar-refractivity contribution in [1.29, 1.82) is 5.41 Å². The van der Waals surface area contributed by atoms with Crippen LogP contribution in [0.1, 0.15) is 37.9 Å². The second-order valence-corrected chi connectivity index (χ2v) is 9.28. The summed E-state index contributed by atoms with van der Waals surface area (Å²) >= 11 is 0. The number of carbonyl (C=O) groups excluding carboxylic acids is 2. The van der Waals surface area contributed by atoms with Crippen molar-refractivity contribution in [3.63, 3.8) is 0 Å². The van der Waals surface area contributed by atoms with Crippen molar-refractivity contribution >= 4 is 35.1 Å². The van der Waals surface area contributed by atoms with Gasteiger partial charge in [-0.1, -0.05) is 30.3 Å². The molecule has 3 N–H and O–H groups in total. The van der Waals surface area contributed by atoms with Crippen LogP contribution in [0.25, 0.3) is 0 Å². The molecule has 9 heteroatoms. The van der Waals surface area contributed by atoms with Crippen LogP contribution in [0, 0.1) is 5.41 Å². The Morgan fingerprint density at radius 2 is 1.89 bits per heavy atom. The minimum absolute atomic E-state index is 0. The van der Waals surface area contributed by atoms with E-state index in [1.165, 1.54) is 16.8 Å². The Labute approximate surface area is 208 Å². The number of aromatic nitrogens is 1. The van der Waals surface area contributed by atoms with E-state index in [0.29, 0.717) is 22.6 Å². The molecule has 0 unspecified atom stereocenters. The van der Waals surface area contributed by atoms with Crippen LogP contribution in [-0.4, -0.2) is 34.3 Å². The maximum absolute atomic E-state index is 14.4. The van der Waals surface area contributed by atoms with E-state index in [1.807, 2.05) is 30.3 Å². The summed E-state index contributed by atoms with van der Waals surface area (Å²) < 4.78 is 15.9. The van der Waals surface area contributed by atoms with E-state index in [4.69, 9.17) is 5.41 Å². The maximum Gasteiger partial charge on any atom is 0.257 e. The summed E-state index contributed by atoms with van der Waals surface area (Å²) in [6.45, 7) is 0. The van der Waals surface area contributed by atoms with Crippen molar-refractivity contribution in [1.82, 2.24) is 9.88 Å². The highest BCUT2D eigenvalue weighted by Crippen LogP contribution is 2.42. The predicted molar refractivity (Wildman–Crippen MR) is 138 cm³/mol. The maximum atomic E-state index is 14.4. The van der Waals surface area contributed by atoms with Crippen LogP contribution in [0.5, 0.6) is 0 Å². The van der Waals surface area contributed by atoms with Gasteiger partial charge in [0.15, 0.2) is 5.67 Å². The molecule has 1 saturated carbocycles. The van der Waals surface area contributed by atoms with Crippen molar-refractivity contribution in [3.05, 3.63) is 88.3 Å². The Morgan fingerprint density at radius 3 is 2.56 bits per heavy atom. The third-order valence-electron chi connectivity index (χ3n) is 6.71. The summed E-state index contributed by atoms with van der Waals surface area (Å²) in [5.41, 5.74) is 1.26. The lowest BCUT2D eigenvalue weighted by molar-refractivity contribution is -0.128. The lowest BCUT2D eigenvalue weighted by Gasteiger charge is -2.30. The molecular weight excluding hydrogens is 461 g/mol. The number of nitrogens with zero attached hydrogens (tertiary/aromatic N) is 2. The molecule has 1 saturated heterocycles. The molecule has 2 aromatic carbocycles. The van der Waals surface area contributed by atoms with Gasteiger partial charge < -0.3 is 25.5 Å². The number of pyridine rings is 1. The van der Waals surface area contributed by atoms with Crippen molar-refractivity contribution in [2.75, 3.05) is 10.2 Å². The van der Waals surface area contributed by atoms with Gasteiger partial charge in [0, 0.05) is 50.3 Å². The SMILES string of the molecule is Cn1cc(Nc2ccc(N3C(=O)C[C@H](NC(=O)C4(F)CC4)[C@H]3c3ccccc3)cc2C=N)ccc1=O.[HH]. The molecule has 2 atom stereocenters. The topological polar surface area (TPSA) is 107 Å². The van der Waals surface area contributed by atoms with Crippen molar-refractivity contribution < 1.29 is 15.4 Å². The van der Waals surface area contributed by atoms with E-state index in [9.17, 15) is 18.8 Å². The molecule has 186 valence electrons. The molecule has 0 spiro atoms. The number of hydrogen-bond acceptors (Lipinski definition) is 5. The number of alkyl halides is 1. The van der Waals surface area contributed by atoms with Gasteiger partial charge in [0.1, 0.15) is 0 Å². The first kappa shape index (κ1) is 23.5. The van der Waals surface area contributed by atoms with Gasteiger partial charge >= 0.3 is 0 Å². The average Bonchev–Trinajstić information content (AvgIpc) is 3.55. The van der Waals surface area contributed by atoms with Crippen LogP contribution in [0.3, 0.4) is 0 Å². The van der Waals surface area contributed by atoms with E-state index in [0.717, 1.165) is 5.56 Å². The van der Waals surface area contributed by atoms with Crippen LogP contribution < -0.4 is 21.1 Å². The number of anilines is 3. The zero-order chi connectivity index (χ0) is 25.4. The molecule has 1 aromatic heterocycles. The summed E-state index contributed by atoms with van der Waals surface area (Å²) in [5.74, 6) is -0.868. The second kappa shape index (κ2) is 9.07. The van der Waals surface area contributed by atoms with E-state index < -0.39 is 23.7 Å². The van der Waals surface area contributed by atoms with Crippen molar-refractivity contribution in [2.45, 2.75) is 37.0 Å². The largest absolute Gasteiger partial charge is 0.354 e. The smallest absolute Gasteiger partial charge is 0.257 e. The standard InChI is InChI=1S/C27H26FN5O3.H2/c1-32-16-19(7-10-23(32)34)30-21-9-8-20(13-18(21)15-29)33-24(35)14-22(31-26(36)27(28)11-12-27)25(33)17-5-3-2-4-6-17;/h2-10,13,15-16,22,25,29-30H,11-12,14H2,1H3,(H,31,36);1H/t22-,25+;/m0./s1. The number of benzene rings is 2. The minimum Gasteiger partial charge on any atom is -0.354 e. The zero-order valence-corrected chi connectivity index (χ0v) is 19.7. The highest BCUT2D eigenvalue weighted by atomic mass is 19.1. The van der Waals surface area contributed by atoms with Gasteiger partial charge in [-0.2, -0.15) is 0 Å². The van der Waals surface area contributed by atoms with Crippen LogP contribution in [0.15, 0.2) is 71.7 Å². The minimum atomic E-state index is -1.83. The number of nitrogens with one attached hydrogen (secondary N) is 3. The van der Waals surface area contributed by atoms with Gasteiger partial charge in [0.05, 0.1) is 17.8 Å². The van der Waals surface area contributed by atoms with Gasteiger partial charge in [-0.15, -0.1) is 0 Å². The monoisotopic (exact) mass is 489 g/mol. The average molecular weight is 490 g/mol. The molecule has 2 heterocycles. The van der Waals surface area contributed by atoms with Gasteiger partial charge in [-0.25, -0.2) is 4.39 Å². The fourth-order valence-corrected chi connectivity index (χ4v) is 4.59. The fraction of sp³-hybridized carbons (Fsp3) is 0.259. The van der Waals surface area contributed by atoms with Crippen molar-refractivity contribution in [2.24, 2.45) is 7.05 Å². The Kier molecular flexibility index (Phi) is 5.91. The van der Waals surface area contributed by atoms with Crippen LogP contribution in [-0.2, 0) is 16.6 Å². The molecule has 5 rings (SSSR count). The Hall–Kier alpha value is -4.27. The normalized spacial score (nSPS) is 20.2. The Balaban J connectivity index is 0.00000320. The highest BCUT2D eigenvalue weighted by Gasteiger charge is 2.53. The van der Waals surface area contributed by atoms with E-state index in [2.05, 4.69) is 10.6 Å². The molecule has 36 heavy (non-hydrogen) atoms. The molecule has 0 radical (unpaired) electrons. The number of halogens is 1. The predicted octanol–water partition coefficient (Wildman–Crippen LogP) is 3.84. The van der Waals surface area contributed by atoms with Gasteiger partial charge in [0.2, 0.25) is 11.5 Å². The number of aryl methyl sites for hydroxylation is 1. The molecule has 1 aliphatic carbocycles. The second-order valence-electron chi connectivity index (χ2n) is 9.28.